The number of nitrogens with zero attached hydrogens (tertiary/aromatic N) is 1. The molecule has 2 fully saturated rings. The van der Waals surface area contributed by atoms with Gasteiger partial charge in [0.05, 0.1) is 5.56 Å². The van der Waals surface area contributed by atoms with E-state index < -0.39 is 29.2 Å². The number of nitrogens with one attached hydrogen (secondary N) is 2. The van der Waals surface area contributed by atoms with Crippen LogP contribution in [0.4, 0.5) is 9.18 Å². The Balaban J connectivity index is 1.76. The van der Waals surface area contributed by atoms with E-state index >= 15 is 0 Å². The van der Waals surface area contributed by atoms with Crippen molar-refractivity contribution in [3.05, 3.63) is 34.6 Å². The molecule has 1 heterocycles. The molecule has 1 aliphatic heterocycles. The standard InChI is InChI=1S/C16H17ClFN3O3/c1-9-4-6-16(7-5-9)14(23)21(15(24)19-16)20-13(22)11-3-2-10(17)8-12(11)18/h2-3,8-9H,4-7H2,1H3,(H,19,24)(H,20,22). The molecule has 2 aliphatic rings. The first-order chi connectivity index (χ1) is 11.3. The second kappa shape index (κ2) is 6.05. The molecule has 128 valence electrons. The molecule has 6 nitrogen and oxygen atoms in total. The van der Waals surface area contributed by atoms with Crippen LogP contribution in [0.1, 0.15) is 43.0 Å². The number of carbonyl (C=O) groups is 3. The van der Waals surface area contributed by atoms with Crippen LogP contribution in [0.5, 0.6) is 0 Å². The van der Waals surface area contributed by atoms with Gasteiger partial charge in [-0.1, -0.05) is 18.5 Å². The Bertz CT molecular complexity index is 717. The monoisotopic (exact) mass is 353 g/mol. The van der Waals surface area contributed by atoms with E-state index in [0.29, 0.717) is 23.8 Å². The van der Waals surface area contributed by atoms with Gasteiger partial charge in [-0.05, 0) is 49.8 Å². The maximum Gasteiger partial charge on any atom is 0.344 e. The summed E-state index contributed by atoms with van der Waals surface area (Å²) in [5.74, 6) is -1.71. The molecule has 0 aromatic heterocycles. The van der Waals surface area contributed by atoms with Gasteiger partial charge in [-0.25, -0.2) is 9.18 Å². The summed E-state index contributed by atoms with van der Waals surface area (Å²) in [6.07, 6.45) is 2.69. The second-order valence-corrected chi connectivity index (χ2v) is 6.84. The van der Waals surface area contributed by atoms with E-state index in [9.17, 15) is 18.8 Å². The molecule has 3 rings (SSSR count). The van der Waals surface area contributed by atoms with Crippen LogP contribution >= 0.6 is 11.6 Å². The fourth-order valence-electron chi connectivity index (χ4n) is 3.15. The Labute approximate surface area is 143 Å². The maximum atomic E-state index is 13.8. The average Bonchev–Trinajstić information content (AvgIpc) is 2.75. The third kappa shape index (κ3) is 2.84. The van der Waals surface area contributed by atoms with Gasteiger partial charge in [0.2, 0.25) is 0 Å². The number of rotatable bonds is 2. The van der Waals surface area contributed by atoms with Crippen molar-refractivity contribution in [1.82, 2.24) is 15.8 Å². The van der Waals surface area contributed by atoms with Gasteiger partial charge in [0.25, 0.3) is 11.8 Å². The normalized spacial score (nSPS) is 26.6. The van der Waals surface area contributed by atoms with E-state index in [-0.39, 0.29) is 10.6 Å². The summed E-state index contributed by atoms with van der Waals surface area (Å²) < 4.78 is 13.8. The zero-order chi connectivity index (χ0) is 17.5. The minimum absolute atomic E-state index is 0.148. The van der Waals surface area contributed by atoms with Gasteiger partial charge in [0, 0.05) is 5.02 Å². The number of imide groups is 1. The molecule has 4 amide bonds. The van der Waals surface area contributed by atoms with Gasteiger partial charge in [-0.2, -0.15) is 5.01 Å². The lowest BCUT2D eigenvalue weighted by Gasteiger charge is -2.33. The summed E-state index contributed by atoms with van der Waals surface area (Å²) in [6.45, 7) is 2.09. The van der Waals surface area contributed by atoms with Crippen molar-refractivity contribution in [2.45, 2.75) is 38.1 Å². The Morgan fingerprint density at radius 3 is 2.67 bits per heavy atom. The number of amides is 4. The highest BCUT2D eigenvalue weighted by Gasteiger charge is 2.53. The molecular weight excluding hydrogens is 337 g/mol. The minimum Gasteiger partial charge on any atom is -0.322 e. The minimum atomic E-state index is -0.963. The first-order valence-corrected chi connectivity index (χ1v) is 8.13. The zero-order valence-electron chi connectivity index (χ0n) is 13.1. The Kier molecular flexibility index (Phi) is 4.21. The molecule has 1 aromatic rings. The van der Waals surface area contributed by atoms with Crippen LogP contribution in [0.3, 0.4) is 0 Å². The lowest BCUT2D eigenvalue weighted by molar-refractivity contribution is -0.134. The van der Waals surface area contributed by atoms with Gasteiger partial charge in [0.1, 0.15) is 11.4 Å². The van der Waals surface area contributed by atoms with Crippen molar-refractivity contribution in [3.63, 3.8) is 0 Å². The van der Waals surface area contributed by atoms with E-state index in [4.69, 9.17) is 11.6 Å². The predicted octanol–water partition coefficient (Wildman–Crippen LogP) is 2.62. The van der Waals surface area contributed by atoms with Crippen molar-refractivity contribution in [2.24, 2.45) is 5.92 Å². The van der Waals surface area contributed by atoms with E-state index in [2.05, 4.69) is 17.7 Å². The molecule has 24 heavy (non-hydrogen) atoms. The number of hydrazine groups is 1. The van der Waals surface area contributed by atoms with Gasteiger partial charge >= 0.3 is 6.03 Å². The molecule has 1 saturated heterocycles. The average molecular weight is 354 g/mol. The lowest BCUT2D eigenvalue weighted by Crippen LogP contribution is -2.51. The van der Waals surface area contributed by atoms with Gasteiger partial charge in [-0.15, -0.1) is 0 Å². The highest BCUT2D eigenvalue weighted by molar-refractivity contribution is 6.30. The zero-order valence-corrected chi connectivity index (χ0v) is 13.8. The Hall–Kier alpha value is -2.15. The lowest BCUT2D eigenvalue weighted by atomic mass is 9.77. The molecule has 0 bridgehead atoms. The fraction of sp³-hybridized carbons (Fsp3) is 0.438. The summed E-state index contributed by atoms with van der Waals surface area (Å²) >= 11 is 5.65. The molecule has 0 unspecified atom stereocenters. The van der Waals surface area contributed by atoms with Crippen LogP contribution in [-0.4, -0.2) is 28.4 Å². The first-order valence-electron chi connectivity index (χ1n) is 7.75. The maximum absolute atomic E-state index is 13.8. The topological polar surface area (TPSA) is 78.5 Å². The molecule has 0 atom stereocenters. The van der Waals surface area contributed by atoms with Crippen LogP contribution in [-0.2, 0) is 4.79 Å². The van der Waals surface area contributed by atoms with Crippen molar-refractivity contribution < 1.29 is 18.8 Å². The summed E-state index contributed by atoms with van der Waals surface area (Å²) in [4.78, 5) is 36.9. The van der Waals surface area contributed by atoms with Crippen molar-refractivity contribution in [3.8, 4) is 0 Å². The molecule has 1 aromatic carbocycles. The smallest absolute Gasteiger partial charge is 0.322 e. The molecule has 2 N–H and O–H groups in total. The highest BCUT2D eigenvalue weighted by atomic mass is 35.5. The summed E-state index contributed by atoms with van der Waals surface area (Å²) in [6, 6.07) is 2.85. The van der Waals surface area contributed by atoms with Gasteiger partial charge in [-0.3, -0.25) is 15.0 Å². The van der Waals surface area contributed by atoms with Crippen LogP contribution in [0, 0.1) is 11.7 Å². The highest BCUT2D eigenvalue weighted by Crippen LogP contribution is 2.35. The number of hydrogen-bond acceptors (Lipinski definition) is 3. The van der Waals surface area contributed by atoms with Crippen LogP contribution in [0.15, 0.2) is 18.2 Å². The molecule has 1 saturated carbocycles. The molecular formula is C16H17ClFN3O3. The largest absolute Gasteiger partial charge is 0.344 e. The molecule has 0 radical (unpaired) electrons. The number of hydrogen-bond donors (Lipinski definition) is 2. The third-order valence-electron chi connectivity index (χ3n) is 4.68. The van der Waals surface area contributed by atoms with E-state index in [1.165, 1.54) is 12.1 Å². The van der Waals surface area contributed by atoms with E-state index in [1.807, 2.05) is 0 Å². The van der Waals surface area contributed by atoms with Crippen molar-refractivity contribution in [1.29, 1.82) is 0 Å². The third-order valence-corrected chi connectivity index (χ3v) is 4.91. The van der Waals surface area contributed by atoms with Crippen LogP contribution in [0.25, 0.3) is 0 Å². The van der Waals surface area contributed by atoms with E-state index in [1.54, 1.807) is 0 Å². The number of carbonyl (C=O) groups excluding carboxylic acids is 3. The number of halogens is 2. The quantitative estimate of drug-likeness (QED) is 0.802. The SMILES string of the molecule is CC1CCC2(CC1)NC(=O)N(NC(=O)c1ccc(Cl)cc1F)C2=O. The van der Waals surface area contributed by atoms with Gasteiger partial charge < -0.3 is 5.32 Å². The predicted molar refractivity (Wildman–Crippen MR) is 84.6 cm³/mol. The Morgan fingerprint density at radius 1 is 1.38 bits per heavy atom. The summed E-state index contributed by atoms with van der Waals surface area (Å²) in [5, 5.41) is 3.47. The first kappa shape index (κ1) is 16.7. The van der Waals surface area contributed by atoms with Crippen LogP contribution in [0.2, 0.25) is 5.02 Å². The molecule has 8 heteroatoms. The van der Waals surface area contributed by atoms with Crippen molar-refractivity contribution >= 4 is 29.4 Å². The van der Waals surface area contributed by atoms with Gasteiger partial charge in [0.15, 0.2) is 0 Å². The molecule has 1 aliphatic carbocycles. The second-order valence-electron chi connectivity index (χ2n) is 6.40. The van der Waals surface area contributed by atoms with Crippen LogP contribution < -0.4 is 10.7 Å². The fourth-order valence-corrected chi connectivity index (χ4v) is 3.31. The van der Waals surface area contributed by atoms with E-state index in [0.717, 1.165) is 18.9 Å². The van der Waals surface area contributed by atoms with Crippen molar-refractivity contribution in [2.75, 3.05) is 0 Å². The number of urea groups is 1. The Morgan fingerprint density at radius 2 is 2.04 bits per heavy atom. The summed E-state index contributed by atoms with van der Waals surface area (Å²) in [7, 11) is 0. The number of benzene rings is 1. The summed E-state index contributed by atoms with van der Waals surface area (Å²) in [5.41, 5.74) is 0.931. The molecule has 1 spiro atoms.